The Morgan fingerprint density at radius 1 is 1.15 bits per heavy atom. The zero-order valence-electron chi connectivity index (χ0n) is 15.0. The molecule has 0 unspecified atom stereocenters. The van der Waals surface area contributed by atoms with Gasteiger partial charge in [-0.05, 0) is 62.0 Å². The third-order valence-electron chi connectivity index (χ3n) is 5.72. The first kappa shape index (κ1) is 16.8. The number of fused-ring (bicyclic) bond motifs is 4. The van der Waals surface area contributed by atoms with E-state index in [4.69, 9.17) is 23.8 Å². The predicted molar refractivity (Wildman–Crippen MR) is 112 cm³/mol. The van der Waals surface area contributed by atoms with Gasteiger partial charge in [0.2, 0.25) is 0 Å². The van der Waals surface area contributed by atoms with E-state index in [1.807, 2.05) is 24.3 Å². The van der Waals surface area contributed by atoms with Crippen molar-refractivity contribution in [1.82, 2.24) is 9.88 Å². The van der Waals surface area contributed by atoms with Crippen LogP contribution in [0.5, 0.6) is 0 Å². The molecule has 2 aromatic carbocycles. The van der Waals surface area contributed by atoms with Gasteiger partial charge >= 0.3 is 0 Å². The smallest absolute Gasteiger partial charge is 0.256 e. The van der Waals surface area contributed by atoms with E-state index in [1.54, 1.807) is 17.0 Å². The number of carbonyl (C=O) groups excluding carboxylic acids is 1. The molecule has 3 aromatic rings. The van der Waals surface area contributed by atoms with Crippen LogP contribution in [0.3, 0.4) is 0 Å². The van der Waals surface area contributed by atoms with Gasteiger partial charge in [0.05, 0.1) is 11.2 Å². The van der Waals surface area contributed by atoms with Crippen LogP contribution in [0.25, 0.3) is 10.9 Å². The van der Waals surface area contributed by atoms with Crippen LogP contribution in [0.1, 0.15) is 25.1 Å². The van der Waals surface area contributed by atoms with Crippen LogP contribution in [0.2, 0.25) is 5.02 Å². The molecule has 136 valence electrons. The SMILES string of the molecule is CC1(C)c2[nH]c3ccccc3c2C[C@@H]2C(=O)N(c3ccc(Cl)cc3)C(=S)N21. The summed E-state index contributed by atoms with van der Waals surface area (Å²) in [5.41, 5.74) is 3.79. The third-order valence-corrected chi connectivity index (χ3v) is 6.36. The standard InChI is InChI=1S/C21H18ClN3OS/c1-21(2)18-15(14-5-3-4-6-16(14)23-18)11-17-19(26)24(20(27)25(17)21)13-9-7-12(22)8-10-13/h3-10,17,23H,11H2,1-2H3/t17-/m1/s1. The summed E-state index contributed by atoms with van der Waals surface area (Å²) in [5.74, 6) is 0.0197. The summed E-state index contributed by atoms with van der Waals surface area (Å²) in [6.07, 6.45) is 0.645. The summed E-state index contributed by atoms with van der Waals surface area (Å²) < 4.78 is 0. The van der Waals surface area contributed by atoms with Gasteiger partial charge in [-0.15, -0.1) is 0 Å². The first-order valence-corrected chi connectivity index (χ1v) is 9.71. The molecule has 6 heteroatoms. The largest absolute Gasteiger partial charge is 0.356 e. The van der Waals surface area contributed by atoms with Gasteiger partial charge in [0.15, 0.2) is 5.11 Å². The number of hydrogen-bond donors (Lipinski definition) is 1. The van der Waals surface area contributed by atoms with Crippen molar-refractivity contribution in [1.29, 1.82) is 0 Å². The molecule has 4 nitrogen and oxygen atoms in total. The van der Waals surface area contributed by atoms with Gasteiger partial charge in [-0.25, -0.2) is 0 Å². The summed E-state index contributed by atoms with van der Waals surface area (Å²) in [5, 5.41) is 2.36. The van der Waals surface area contributed by atoms with Gasteiger partial charge in [-0.1, -0.05) is 29.8 Å². The monoisotopic (exact) mass is 395 g/mol. The number of anilines is 1. The minimum atomic E-state index is -0.412. The molecule has 1 amide bonds. The zero-order chi connectivity index (χ0) is 18.9. The second kappa shape index (κ2) is 5.57. The number of carbonyl (C=O) groups is 1. The number of H-pyrrole nitrogens is 1. The highest BCUT2D eigenvalue weighted by molar-refractivity contribution is 7.80. The van der Waals surface area contributed by atoms with Crippen LogP contribution >= 0.6 is 23.8 Å². The van der Waals surface area contributed by atoms with Crippen LogP contribution in [0, 0.1) is 0 Å². The molecule has 0 aliphatic carbocycles. The van der Waals surface area contributed by atoms with Crippen LogP contribution in [-0.2, 0) is 16.8 Å². The van der Waals surface area contributed by atoms with Crippen molar-refractivity contribution in [3.05, 3.63) is 64.8 Å². The summed E-state index contributed by atoms with van der Waals surface area (Å²) >= 11 is 11.8. The fraction of sp³-hybridized carbons (Fsp3) is 0.238. The number of hydrogen-bond acceptors (Lipinski definition) is 2. The number of aromatic nitrogens is 1. The summed E-state index contributed by atoms with van der Waals surface area (Å²) in [7, 11) is 0. The highest BCUT2D eigenvalue weighted by Crippen LogP contribution is 2.45. The molecule has 1 fully saturated rings. The van der Waals surface area contributed by atoms with E-state index >= 15 is 0 Å². The second-order valence-electron chi connectivity index (χ2n) is 7.61. The van der Waals surface area contributed by atoms with Crippen molar-refractivity contribution >= 4 is 51.4 Å². The maximum atomic E-state index is 13.3. The first-order valence-electron chi connectivity index (χ1n) is 8.92. The molecule has 1 saturated heterocycles. The fourth-order valence-corrected chi connectivity index (χ4v) is 5.15. The van der Waals surface area contributed by atoms with Gasteiger partial charge in [-0.3, -0.25) is 9.69 Å². The van der Waals surface area contributed by atoms with E-state index in [9.17, 15) is 4.79 Å². The summed E-state index contributed by atoms with van der Waals surface area (Å²) in [6.45, 7) is 4.25. The average Bonchev–Trinajstić information content (AvgIpc) is 3.14. The maximum Gasteiger partial charge on any atom is 0.256 e. The molecule has 2 aliphatic rings. The van der Waals surface area contributed by atoms with Crippen molar-refractivity contribution in [2.24, 2.45) is 0 Å². The quantitative estimate of drug-likeness (QED) is 0.611. The molecular weight excluding hydrogens is 378 g/mol. The molecule has 1 N–H and O–H groups in total. The molecule has 5 rings (SSSR count). The topological polar surface area (TPSA) is 39.3 Å². The van der Waals surface area contributed by atoms with E-state index in [-0.39, 0.29) is 11.9 Å². The Morgan fingerprint density at radius 2 is 1.85 bits per heavy atom. The first-order chi connectivity index (χ1) is 12.9. The number of amides is 1. The lowest BCUT2D eigenvalue weighted by Crippen LogP contribution is -2.52. The Balaban J connectivity index is 1.65. The number of rotatable bonds is 1. The summed E-state index contributed by atoms with van der Waals surface area (Å²) in [4.78, 5) is 20.6. The van der Waals surface area contributed by atoms with Gasteiger partial charge in [0, 0.05) is 28.0 Å². The highest BCUT2D eigenvalue weighted by Gasteiger charge is 2.53. The molecule has 0 spiro atoms. The number of thiocarbonyl (C=S) groups is 1. The lowest BCUT2D eigenvalue weighted by molar-refractivity contribution is -0.121. The fourth-order valence-electron chi connectivity index (χ4n) is 4.48. The van der Waals surface area contributed by atoms with Crippen molar-refractivity contribution in [3.63, 3.8) is 0 Å². The average molecular weight is 396 g/mol. The van der Waals surface area contributed by atoms with Crippen LogP contribution < -0.4 is 4.90 Å². The maximum absolute atomic E-state index is 13.3. The number of aromatic amines is 1. The molecule has 0 bridgehead atoms. The number of nitrogens with one attached hydrogen (secondary N) is 1. The number of benzene rings is 2. The van der Waals surface area contributed by atoms with Gasteiger partial charge < -0.3 is 9.88 Å². The number of para-hydroxylation sites is 1. The van der Waals surface area contributed by atoms with E-state index in [1.165, 1.54) is 10.9 Å². The minimum Gasteiger partial charge on any atom is -0.356 e. The Morgan fingerprint density at radius 3 is 2.59 bits per heavy atom. The molecule has 27 heavy (non-hydrogen) atoms. The molecule has 0 radical (unpaired) electrons. The highest BCUT2D eigenvalue weighted by atomic mass is 35.5. The molecule has 3 heterocycles. The van der Waals surface area contributed by atoms with E-state index < -0.39 is 5.54 Å². The zero-order valence-corrected chi connectivity index (χ0v) is 16.6. The van der Waals surface area contributed by atoms with Crippen LogP contribution in [-0.4, -0.2) is 26.9 Å². The number of nitrogens with zero attached hydrogens (tertiary/aromatic N) is 2. The van der Waals surface area contributed by atoms with Crippen molar-refractivity contribution < 1.29 is 4.79 Å². The second-order valence-corrected chi connectivity index (χ2v) is 8.41. The molecular formula is C21H18ClN3OS. The Hall–Kier alpha value is -2.37. The third kappa shape index (κ3) is 2.22. The van der Waals surface area contributed by atoms with E-state index in [2.05, 4.69) is 35.9 Å². The number of halogens is 1. The van der Waals surface area contributed by atoms with Gasteiger partial charge in [0.1, 0.15) is 6.04 Å². The summed E-state index contributed by atoms with van der Waals surface area (Å²) in [6, 6.07) is 15.2. The Labute approximate surface area is 167 Å². The van der Waals surface area contributed by atoms with Crippen molar-refractivity contribution in [2.75, 3.05) is 4.90 Å². The minimum absolute atomic E-state index is 0.0197. The predicted octanol–water partition coefficient (Wildman–Crippen LogP) is 4.61. The van der Waals surface area contributed by atoms with Crippen molar-refractivity contribution in [3.8, 4) is 0 Å². The molecule has 1 atom stereocenters. The Kier molecular flexibility index (Phi) is 3.46. The molecule has 0 saturated carbocycles. The van der Waals surface area contributed by atoms with Crippen molar-refractivity contribution in [2.45, 2.75) is 31.8 Å². The van der Waals surface area contributed by atoms with E-state index in [0.717, 1.165) is 16.9 Å². The van der Waals surface area contributed by atoms with E-state index in [0.29, 0.717) is 16.6 Å². The lowest BCUT2D eigenvalue weighted by atomic mass is 9.85. The Bertz CT molecular complexity index is 1100. The normalized spacial score (nSPS) is 20.9. The van der Waals surface area contributed by atoms with Gasteiger partial charge in [-0.2, -0.15) is 0 Å². The van der Waals surface area contributed by atoms with Crippen LogP contribution in [0.4, 0.5) is 5.69 Å². The lowest BCUT2D eigenvalue weighted by Gasteiger charge is -2.43. The molecule has 2 aliphatic heterocycles. The molecule has 1 aromatic heterocycles. The van der Waals surface area contributed by atoms with Crippen LogP contribution in [0.15, 0.2) is 48.5 Å². The van der Waals surface area contributed by atoms with Gasteiger partial charge in [0.25, 0.3) is 5.91 Å².